The zero-order valence-corrected chi connectivity index (χ0v) is 23.9. The smallest absolute Gasteiger partial charge is 0.352 e. The molecule has 3 aromatic heterocycles. The highest BCUT2D eigenvalue weighted by Gasteiger charge is 2.54. The van der Waals surface area contributed by atoms with Crippen LogP contribution in [0.25, 0.3) is 0 Å². The summed E-state index contributed by atoms with van der Waals surface area (Å²) < 4.78 is 2.09. The Kier molecular flexibility index (Phi) is 8.23. The number of pyridine rings is 2. The predicted molar refractivity (Wildman–Crippen MR) is 152 cm³/mol. The molecule has 44 heavy (non-hydrogen) atoms. The second kappa shape index (κ2) is 12.1. The zero-order chi connectivity index (χ0) is 31.7. The quantitative estimate of drug-likeness (QED) is 0.0489. The Morgan fingerprint density at radius 1 is 1.25 bits per heavy atom. The fourth-order valence-electron chi connectivity index (χ4n) is 4.39. The number of primary amides is 1. The van der Waals surface area contributed by atoms with E-state index in [1.165, 1.54) is 29.3 Å². The number of nitrogens with two attached hydrogens (primary N) is 2. The molecule has 2 aliphatic heterocycles. The Bertz CT molecular complexity index is 1800. The molecule has 0 radical (unpaired) electrons. The summed E-state index contributed by atoms with van der Waals surface area (Å²) in [6.07, 6.45) is 3.90. The van der Waals surface area contributed by atoms with Crippen LogP contribution in [0.3, 0.4) is 0 Å². The summed E-state index contributed by atoms with van der Waals surface area (Å²) in [6, 6.07) is 2.79. The van der Waals surface area contributed by atoms with Crippen molar-refractivity contribution < 1.29 is 44.0 Å². The number of carbonyl (C=O) groups excluding carboxylic acids is 3. The van der Waals surface area contributed by atoms with Crippen LogP contribution in [0.5, 0.6) is 5.75 Å². The molecule has 3 aromatic rings. The van der Waals surface area contributed by atoms with Crippen LogP contribution in [0.2, 0.25) is 0 Å². The number of aliphatic carboxylic acids is 1. The molecule has 0 saturated carbocycles. The number of thiazole rings is 1. The first-order chi connectivity index (χ1) is 20.9. The molecule has 0 unspecified atom stereocenters. The van der Waals surface area contributed by atoms with Crippen molar-refractivity contribution in [2.24, 2.45) is 10.9 Å². The summed E-state index contributed by atoms with van der Waals surface area (Å²) in [6.45, 7) is -0.362. The average molecular weight is 644 g/mol. The topological polar surface area (TPSA) is 257 Å². The second-order valence-corrected chi connectivity index (χ2v) is 11.4. The number of oxime groups is 1. The van der Waals surface area contributed by atoms with Crippen molar-refractivity contribution in [3.8, 4) is 5.75 Å². The van der Waals surface area contributed by atoms with Gasteiger partial charge in [0.2, 0.25) is 11.3 Å². The van der Waals surface area contributed by atoms with Crippen LogP contribution in [0, 0.1) is 0 Å². The molecule has 228 valence electrons. The van der Waals surface area contributed by atoms with Crippen molar-refractivity contribution in [1.29, 1.82) is 0 Å². The van der Waals surface area contributed by atoms with E-state index in [0.29, 0.717) is 10.3 Å². The number of aromatic nitrogens is 3. The number of hydrogen-bond donors (Lipinski definition) is 6. The van der Waals surface area contributed by atoms with E-state index in [1.807, 2.05) is 0 Å². The number of carboxylic acid groups (broad SMARTS) is 1. The lowest BCUT2D eigenvalue weighted by Crippen LogP contribution is -2.71. The maximum absolute atomic E-state index is 13.3. The van der Waals surface area contributed by atoms with Crippen LogP contribution in [-0.2, 0) is 32.4 Å². The average Bonchev–Trinajstić information content (AvgIpc) is 3.41. The molecular weight excluding hydrogens is 620 g/mol. The molecule has 1 fully saturated rings. The predicted octanol–water partition coefficient (Wildman–Crippen LogP) is -1.42. The number of anilines is 1. The highest BCUT2D eigenvalue weighted by atomic mass is 32.2. The highest BCUT2D eigenvalue weighted by Crippen LogP contribution is 2.40. The minimum Gasteiger partial charge on any atom is -0.503 e. The number of amides is 3. The van der Waals surface area contributed by atoms with E-state index in [1.54, 1.807) is 17.0 Å². The van der Waals surface area contributed by atoms with Crippen molar-refractivity contribution in [3.05, 3.63) is 80.6 Å². The molecular formula is C25H23N8O9S2+. The number of aromatic hydroxyl groups is 1. The fraction of sp³-hybridized carbons (Fsp3) is 0.200. The molecule has 19 heteroatoms. The maximum atomic E-state index is 13.3. The number of nitrogen functional groups attached to an aromatic ring is 1. The van der Waals surface area contributed by atoms with Crippen molar-refractivity contribution in [1.82, 2.24) is 19.9 Å². The molecule has 5 heterocycles. The summed E-state index contributed by atoms with van der Waals surface area (Å²) in [4.78, 5) is 72.1. The first-order valence-electron chi connectivity index (χ1n) is 12.5. The van der Waals surface area contributed by atoms with Gasteiger partial charge in [-0.3, -0.25) is 24.1 Å². The molecule has 5 rings (SSSR count). The van der Waals surface area contributed by atoms with Crippen molar-refractivity contribution in [3.63, 3.8) is 0 Å². The van der Waals surface area contributed by atoms with Gasteiger partial charge in [0.05, 0.1) is 11.8 Å². The third-order valence-corrected chi connectivity index (χ3v) is 8.54. The van der Waals surface area contributed by atoms with Crippen molar-refractivity contribution in [2.75, 3.05) is 11.5 Å². The number of fused-ring (bicyclic) bond motifs is 1. The molecule has 0 aromatic carbocycles. The van der Waals surface area contributed by atoms with E-state index in [0.717, 1.165) is 28.5 Å². The molecule has 2 atom stereocenters. The zero-order valence-electron chi connectivity index (χ0n) is 22.3. The van der Waals surface area contributed by atoms with Crippen LogP contribution in [0.15, 0.2) is 63.4 Å². The lowest BCUT2D eigenvalue weighted by molar-refractivity contribution is -0.689. The maximum Gasteiger partial charge on any atom is 0.352 e. The fourth-order valence-corrected chi connectivity index (χ4v) is 6.27. The van der Waals surface area contributed by atoms with Gasteiger partial charge in [0.1, 0.15) is 28.5 Å². The molecule has 0 spiro atoms. The summed E-state index contributed by atoms with van der Waals surface area (Å²) in [5.74, 6) is -3.92. The molecule has 3 amide bonds. The third kappa shape index (κ3) is 5.90. The third-order valence-electron chi connectivity index (χ3n) is 6.52. The van der Waals surface area contributed by atoms with E-state index in [2.05, 4.69) is 15.5 Å². The SMILES string of the molecule is NC(=O)c1cc[n+](CC2=C(C(=O)O)N3C(=O)[C@H](NC(=O)/C(=N/OCc4cc(=O)c(O)cn4O)c4csc(N)n4)[C@@H]3SC2)cc1. The van der Waals surface area contributed by atoms with Gasteiger partial charge in [-0.05, 0) is 0 Å². The van der Waals surface area contributed by atoms with E-state index < -0.39 is 52.9 Å². The van der Waals surface area contributed by atoms with Gasteiger partial charge >= 0.3 is 5.97 Å². The molecule has 1 saturated heterocycles. The van der Waals surface area contributed by atoms with Gasteiger partial charge in [0, 0.05) is 34.9 Å². The second-order valence-electron chi connectivity index (χ2n) is 9.38. The number of carboxylic acids is 1. The van der Waals surface area contributed by atoms with Crippen LogP contribution in [-0.4, -0.2) is 76.6 Å². The normalized spacial score (nSPS) is 18.0. The molecule has 2 aliphatic rings. The summed E-state index contributed by atoms with van der Waals surface area (Å²) in [5.41, 5.74) is 10.3. The first kappa shape index (κ1) is 30.0. The largest absolute Gasteiger partial charge is 0.503 e. The number of carbonyl (C=O) groups is 4. The minimum absolute atomic E-state index is 0.0183. The highest BCUT2D eigenvalue weighted by molar-refractivity contribution is 8.00. The monoisotopic (exact) mass is 643 g/mol. The summed E-state index contributed by atoms with van der Waals surface area (Å²) in [7, 11) is 0. The van der Waals surface area contributed by atoms with E-state index in [4.69, 9.17) is 16.3 Å². The lowest BCUT2D eigenvalue weighted by Gasteiger charge is -2.49. The van der Waals surface area contributed by atoms with E-state index in [-0.39, 0.29) is 45.8 Å². The minimum atomic E-state index is -1.32. The van der Waals surface area contributed by atoms with Gasteiger partial charge < -0.3 is 37.0 Å². The van der Waals surface area contributed by atoms with Gasteiger partial charge in [0.25, 0.3) is 11.8 Å². The first-order valence-corrected chi connectivity index (χ1v) is 14.4. The summed E-state index contributed by atoms with van der Waals surface area (Å²) in [5, 5.41) is 36.4. The van der Waals surface area contributed by atoms with Gasteiger partial charge in [-0.25, -0.2) is 14.3 Å². The Morgan fingerprint density at radius 3 is 2.61 bits per heavy atom. The number of rotatable bonds is 10. The Balaban J connectivity index is 1.33. The summed E-state index contributed by atoms with van der Waals surface area (Å²) >= 11 is 2.26. The van der Waals surface area contributed by atoms with Crippen molar-refractivity contribution in [2.45, 2.75) is 24.6 Å². The molecule has 8 N–H and O–H groups in total. The molecule has 0 bridgehead atoms. The number of hydrogen-bond acceptors (Lipinski definition) is 13. The van der Waals surface area contributed by atoms with Crippen molar-refractivity contribution >= 4 is 57.6 Å². The Morgan fingerprint density at radius 2 is 1.98 bits per heavy atom. The van der Waals surface area contributed by atoms with Gasteiger partial charge in [-0.2, -0.15) is 4.73 Å². The standard InChI is InChI=1S/C25H22N8O9S2/c26-20(36)11-1-3-31(4-2-11)6-12-9-43-23-18(22(38)33(23)19(12)24(39)40)29-21(37)17(14-10-44-25(27)28-14)30-42-8-13-5-15(34)16(35)7-32(13)41/h1-5,7,10,18,23,41H,6,8-9H2,(H6-,26,27,28,29,35,36,37,39,40)/p+1/b30-17+/t18-,23-/m0/s1. The van der Waals surface area contributed by atoms with E-state index >= 15 is 0 Å². The number of β-lactam (4-membered cyclic amide) rings is 1. The van der Waals surface area contributed by atoms with Crippen LogP contribution in [0.1, 0.15) is 21.7 Å². The van der Waals surface area contributed by atoms with Crippen LogP contribution in [0.4, 0.5) is 5.13 Å². The number of thioether (sulfide) groups is 1. The Hall–Kier alpha value is -5.43. The number of nitrogens with zero attached hydrogens (tertiary/aromatic N) is 5. The van der Waals surface area contributed by atoms with Crippen LogP contribution < -0.4 is 26.8 Å². The number of nitrogens with one attached hydrogen (secondary N) is 1. The van der Waals surface area contributed by atoms with Gasteiger partial charge in [-0.15, -0.1) is 23.1 Å². The lowest BCUT2D eigenvalue weighted by atomic mass is 10.0. The van der Waals surface area contributed by atoms with E-state index in [9.17, 15) is 39.4 Å². The van der Waals surface area contributed by atoms with Crippen LogP contribution >= 0.6 is 23.1 Å². The molecule has 17 nitrogen and oxygen atoms in total. The van der Waals surface area contributed by atoms with Gasteiger partial charge in [0.15, 0.2) is 42.1 Å². The van der Waals surface area contributed by atoms with Gasteiger partial charge in [-0.1, -0.05) is 5.16 Å². The molecule has 0 aliphatic carbocycles. The Labute approximate surface area is 254 Å².